The van der Waals surface area contributed by atoms with Crippen LogP contribution in [0.3, 0.4) is 0 Å². The number of rotatable bonds is 4. The Morgan fingerprint density at radius 3 is 2.79 bits per heavy atom. The van der Waals surface area contributed by atoms with Crippen molar-refractivity contribution in [2.45, 2.75) is 37.8 Å². The first-order chi connectivity index (χ1) is 13.6. The molecule has 5 rings (SSSR count). The van der Waals surface area contributed by atoms with Crippen LogP contribution in [0.1, 0.15) is 30.2 Å². The molecule has 1 aliphatic carbocycles. The van der Waals surface area contributed by atoms with Crippen molar-refractivity contribution in [2.24, 2.45) is 0 Å². The number of nitrogens with zero attached hydrogens (tertiary/aromatic N) is 4. The highest BCUT2D eigenvalue weighted by atomic mass is 32.2. The van der Waals surface area contributed by atoms with Crippen molar-refractivity contribution < 1.29 is 0 Å². The van der Waals surface area contributed by atoms with E-state index in [2.05, 4.69) is 21.2 Å². The topological polar surface area (TPSA) is 52.2 Å². The molecule has 4 aromatic rings. The number of benzene rings is 1. The van der Waals surface area contributed by atoms with Crippen LogP contribution in [0.4, 0.5) is 0 Å². The van der Waals surface area contributed by atoms with Gasteiger partial charge in [-0.1, -0.05) is 42.1 Å². The average Bonchev–Trinajstić information content (AvgIpc) is 3.28. The van der Waals surface area contributed by atoms with E-state index in [1.165, 1.54) is 16.9 Å². The molecule has 0 unspecified atom stereocenters. The zero-order valence-electron chi connectivity index (χ0n) is 15.6. The van der Waals surface area contributed by atoms with E-state index in [1.54, 1.807) is 27.7 Å². The first-order valence-electron chi connectivity index (χ1n) is 9.42. The summed E-state index contributed by atoms with van der Waals surface area (Å²) in [5.41, 5.74) is 3.14. The maximum atomic E-state index is 13.6. The fourth-order valence-electron chi connectivity index (χ4n) is 3.81. The molecular weight excluding hydrogens is 388 g/mol. The minimum Gasteiger partial charge on any atom is -0.268 e. The highest BCUT2D eigenvalue weighted by Gasteiger charge is 2.25. The number of hydrogen-bond acceptors (Lipinski definition) is 5. The van der Waals surface area contributed by atoms with Gasteiger partial charge in [0.1, 0.15) is 4.83 Å². The summed E-state index contributed by atoms with van der Waals surface area (Å²) in [4.78, 5) is 15.9. The van der Waals surface area contributed by atoms with Crippen molar-refractivity contribution >= 4 is 39.1 Å². The van der Waals surface area contributed by atoms with Crippen LogP contribution in [0.2, 0.25) is 0 Å². The molecule has 0 fully saturated rings. The van der Waals surface area contributed by atoms with Crippen LogP contribution in [0, 0.1) is 0 Å². The van der Waals surface area contributed by atoms with Crippen LogP contribution in [-0.2, 0) is 12.8 Å². The number of fused-ring (bicyclic) bond motifs is 5. The number of thioether (sulfide) groups is 1. The molecule has 0 saturated carbocycles. The average molecular weight is 409 g/mol. The fraction of sp³-hybridized carbons (Fsp3) is 0.286. The Morgan fingerprint density at radius 1 is 1.21 bits per heavy atom. The van der Waals surface area contributed by atoms with Crippen molar-refractivity contribution in [3.8, 4) is 5.69 Å². The van der Waals surface area contributed by atoms with E-state index < -0.39 is 0 Å². The molecule has 0 spiro atoms. The van der Waals surface area contributed by atoms with Crippen molar-refractivity contribution in [2.75, 3.05) is 5.75 Å². The van der Waals surface area contributed by atoms with E-state index in [9.17, 15) is 4.79 Å². The minimum absolute atomic E-state index is 0.0111. The lowest BCUT2D eigenvalue weighted by Crippen LogP contribution is -2.22. The molecule has 1 aliphatic rings. The Labute approximate surface area is 170 Å². The number of aromatic nitrogens is 4. The summed E-state index contributed by atoms with van der Waals surface area (Å²) in [5, 5.41) is 10.5. The van der Waals surface area contributed by atoms with E-state index >= 15 is 0 Å². The molecule has 7 heteroatoms. The molecular formula is C21H20N4OS2. The molecule has 142 valence electrons. The van der Waals surface area contributed by atoms with Crippen LogP contribution in [0.5, 0.6) is 0 Å². The lowest BCUT2D eigenvalue weighted by molar-refractivity contribution is 0.699. The van der Waals surface area contributed by atoms with E-state index in [0.29, 0.717) is 5.78 Å². The minimum atomic E-state index is 0.0111. The Bertz CT molecular complexity index is 1270. The van der Waals surface area contributed by atoms with Gasteiger partial charge in [-0.15, -0.1) is 21.5 Å². The van der Waals surface area contributed by atoms with Crippen molar-refractivity contribution in [3.05, 3.63) is 63.3 Å². The molecule has 0 aliphatic heterocycles. The molecule has 28 heavy (non-hydrogen) atoms. The molecule has 0 amide bonds. The summed E-state index contributed by atoms with van der Waals surface area (Å²) in [6.45, 7) is 6.01. The number of thiophene rings is 1. The SMILES string of the molecule is C=C(C)CSc1nnc2n(-c3ccccc3)c(=O)c3c4c(sc3n12)CCCC4. The lowest BCUT2D eigenvalue weighted by Gasteiger charge is -2.12. The molecule has 5 nitrogen and oxygen atoms in total. The second kappa shape index (κ2) is 6.90. The predicted molar refractivity (Wildman–Crippen MR) is 116 cm³/mol. The quantitative estimate of drug-likeness (QED) is 0.365. The third-order valence-electron chi connectivity index (χ3n) is 5.05. The summed E-state index contributed by atoms with van der Waals surface area (Å²) in [6, 6.07) is 9.73. The van der Waals surface area contributed by atoms with Crippen LogP contribution >= 0.6 is 23.1 Å². The normalized spacial score (nSPS) is 13.9. The Hall–Kier alpha value is -2.38. The van der Waals surface area contributed by atoms with Crippen LogP contribution in [-0.4, -0.2) is 24.9 Å². The molecule has 0 N–H and O–H groups in total. The van der Waals surface area contributed by atoms with Gasteiger partial charge in [0.2, 0.25) is 5.78 Å². The molecule has 3 aromatic heterocycles. The van der Waals surface area contributed by atoms with Gasteiger partial charge in [0, 0.05) is 10.6 Å². The van der Waals surface area contributed by atoms with Crippen molar-refractivity contribution in [3.63, 3.8) is 0 Å². The molecule has 0 bridgehead atoms. The summed E-state index contributed by atoms with van der Waals surface area (Å²) < 4.78 is 3.78. The molecule has 3 heterocycles. The van der Waals surface area contributed by atoms with Gasteiger partial charge in [-0.25, -0.2) is 8.97 Å². The smallest absolute Gasteiger partial charge is 0.268 e. The summed E-state index contributed by atoms with van der Waals surface area (Å²) in [7, 11) is 0. The first-order valence-corrected chi connectivity index (χ1v) is 11.2. The van der Waals surface area contributed by atoms with Gasteiger partial charge >= 0.3 is 0 Å². The van der Waals surface area contributed by atoms with Crippen LogP contribution in [0.25, 0.3) is 21.7 Å². The van der Waals surface area contributed by atoms with Gasteiger partial charge in [-0.2, -0.15) is 0 Å². The highest BCUT2D eigenvalue weighted by molar-refractivity contribution is 7.99. The second-order valence-corrected chi connectivity index (χ2v) is 9.26. The fourth-order valence-corrected chi connectivity index (χ4v) is 6.02. The lowest BCUT2D eigenvalue weighted by atomic mass is 9.97. The Morgan fingerprint density at radius 2 is 2.00 bits per heavy atom. The van der Waals surface area contributed by atoms with Gasteiger partial charge in [0.25, 0.3) is 5.56 Å². The van der Waals surface area contributed by atoms with E-state index in [4.69, 9.17) is 0 Å². The van der Waals surface area contributed by atoms with Gasteiger partial charge < -0.3 is 0 Å². The number of para-hydroxylation sites is 1. The second-order valence-electron chi connectivity index (χ2n) is 7.23. The molecule has 1 aromatic carbocycles. The largest absolute Gasteiger partial charge is 0.268 e. The van der Waals surface area contributed by atoms with Gasteiger partial charge in [-0.05, 0) is 50.3 Å². The van der Waals surface area contributed by atoms with Crippen molar-refractivity contribution in [1.29, 1.82) is 0 Å². The first kappa shape index (κ1) is 17.7. The molecule has 0 saturated heterocycles. The third-order valence-corrected chi connectivity index (χ3v) is 7.49. The third kappa shape index (κ3) is 2.72. The summed E-state index contributed by atoms with van der Waals surface area (Å²) in [5.74, 6) is 1.35. The summed E-state index contributed by atoms with van der Waals surface area (Å²) >= 11 is 3.35. The Kier molecular flexibility index (Phi) is 4.36. The highest BCUT2D eigenvalue weighted by Crippen LogP contribution is 2.36. The van der Waals surface area contributed by atoms with Crippen LogP contribution < -0.4 is 5.56 Å². The zero-order valence-corrected chi connectivity index (χ0v) is 17.3. The maximum absolute atomic E-state index is 13.6. The van der Waals surface area contributed by atoms with Gasteiger partial charge in [0.15, 0.2) is 5.16 Å². The standard InChI is InChI=1S/C21H20N4OS2/c1-13(2)12-27-21-23-22-20-24(14-8-4-3-5-9-14)18(26)17-15-10-6-7-11-16(15)28-19(17)25(20)21/h3-5,8-9H,1,6-7,10-12H2,2H3. The summed E-state index contributed by atoms with van der Waals surface area (Å²) in [6.07, 6.45) is 4.36. The Balaban J connectivity index is 1.89. The molecule has 0 radical (unpaired) electrons. The molecule has 0 atom stereocenters. The van der Waals surface area contributed by atoms with Gasteiger partial charge in [0.05, 0.1) is 11.1 Å². The van der Waals surface area contributed by atoms with E-state index in [-0.39, 0.29) is 5.56 Å². The monoisotopic (exact) mass is 408 g/mol. The van der Waals surface area contributed by atoms with E-state index in [1.807, 2.05) is 37.3 Å². The van der Waals surface area contributed by atoms with Crippen LogP contribution in [0.15, 0.2) is 52.4 Å². The zero-order chi connectivity index (χ0) is 19.3. The number of hydrogen-bond donors (Lipinski definition) is 0. The van der Waals surface area contributed by atoms with Gasteiger partial charge in [-0.3, -0.25) is 4.79 Å². The van der Waals surface area contributed by atoms with Crippen molar-refractivity contribution in [1.82, 2.24) is 19.2 Å². The maximum Gasteiger partial charge on any atom is 0.268 e. The number of aryl methyl sites for hydroxylation is 2. The predicted octanol–water partition coefficient (Wildman–Crippen LogP) is 4.64. The van der Waals surface area contributed by atoms with E-state index in [0.717, 1.165) is 51.6 Å².